The van der Waals surface area contributed by atoms with Crippen LogP contribution in [-0.4, -0.2) is 37.7 Å². The number of methoxy groups -OCH3 is 2. The van der Waals surface area contributed by atoms with E-state index in [-0.39, 0.29) is 17.9 Å². The molecule has 1 amide bonds. The zero-order valence-electron chi connectivity index (χ0n) is 14.1. The standard InChI is InChI=1S/C19H19NO5/c1-24-15-5-3-13(17(11-15)25-2)10-18(21)20-8-7-12-9-14(19(22)23)4-6-16(12)20/h3-6,9,11H,7-8,10H2,1-2H3,(H,22,23). The lowest BCUT2D eigenvalue weighted by Gasteiger charge is -2.18. The van der Waals surface area contributed by atoms with Crippen molar-refractivity contribution < 1.29 is 24.2 Å². The predicted molar refractivity (Wildman–Crippen MR) is 92.7 cm³/mol. The lowest BCUT2D eigenvalue weighted by atomic mass is 10.1. The maximum absolute atomic E-state index is 12.7. The minimum atomic E-state index is -0.962. The number of carboxylic acid groups (broad SMARTS) is 1. The van der Waals surface area contributed by atoms with Gasteiger partial charge in [0, 0.05) is 23.9 Å². The van der Waals surface area contributed by atoms with E-state index in [9.17, 15) is 9.59 Å². The molecule has 2 aromatic carbocycles. The first-order chi connectivity index (χ1) is 12.0. The van der Waals surface area contributed by atoms with Gasteiger partial charge in [0.1, 0.15) is 11.5 Å². The quantitative estimate of drug-likeness (QED) is 0.904. The van der Waals surface area contributed by atoms with Crippen LogP contribution in [-0.2, 0) is 17.6 Å². The van der Waals surface area contributed by atoms with E-state index in [0.717, 1.165) is 16.8 Å². The molecular weight excluding hydrogens is 322 g/mol. The Bertz CT molecular complexity index is 831. The highest BCUT2D eigenvalue weighted by molar-refractivity contribution is 5.98. The second kappa shape index (κ2) is 6.84. The Morgan fingerprint density at radius 1 is 1.12 bits per heavy atom. The van der Waals surface area contributed by atoms with E-state index in [1.54, 1.807) is 43.4 Å². The van der Waals surface area contributed by atoms with Gasteiger partial charge in [0.25, 0.3) is 0 Å². The molecule has 1 aliphatic heterocycles. The first-order valence-electron chi connectivity index (χ1n) is 7.91. The summed E-state index contributed by atoms with van der Waals surface area (Å²) in [5.41, 5.74) is 2.69. The molecule has 25 heavy (non-hydrogen) atoms. The number of fused-ring (bicyclic) bond motifs is 1. The molecule has 0 radical (unpaired) electrons. The number of hydrogen-bond acceptors (Lipinski definition) is 4. The van der Waals surface area contributed by atoms with Crippen LogP contribution in [0.2, 0.25) is 0 Å². The number of carbonyl (C=O) groups is 2. The average Bonchev–Trinajstić information content (AvgIpc) is 3.05. The van der Waals surface area contributed by atoms with Crippen molar-refractivity contribution in [3.8, 4) is 11.5 Å². The van der Waals surface area contributed by atoms with E-state index in [1.807, 2.05) is 6.07 Å². The number of hydrogen-bond donors (Lipinski definition) is 1. The maximum atomic E-state index is 12.7. The number of anilines is 1. The summed E-state index contributed by atoms with van der Waals surface area (Å²) in [5, 5.41) is 9.08. The Kier molecular flexibility index (Phi) is 4.61. The van der Waals surface area contributed by atoms with Gasteiger partial charge in [-0.2, -0.15) is 0 Å². The van der Waals surface area contributed by atoms with Gasteiger partial charge in [0.2, 0.25) is 5.91 Å². The largest absolute Gasteiger partial charge is 0.497 e. The third kappa shape index (κ3) is 3.28. The zero-order chi connectivity index (χ0) is 18.0. The van der Waals surface area contributed by atoms with Crippen LogP contribution in [0.15, 0.2) is 36.4 Å². The number of carbonyl (C=O) groups excluding carboxylic acids is 1. The summed E-state index contributed by atoms with van der Waals surface area (Å²) in [6, 6.07) is 10.2. The number of benzene rings is 2. The lowest BCUT2D eigenvalue weighted by Crippen LogP contribution is -2.30. The van der Waals surface area contributed by atoms with Gasteiger partial charge in [-0.15, -0.1) is 0 Å². The lowest BCUT2D eigenvalue weighted by molar-refractivity contribution is -0.117. The van der Waals surface area contributed by atoms with Crippen LogP contribution in [0, 0.1) is 0 Å². The van der Waals surface area contributed by atoms with E-state index >= 15 is 0 Å². The van der Waals surface area contributed by atoms with Crippen LogP contribution < -0.4 is 14.4 Å². The van der Waals surface area contributed by atoms with Gasteiger partial charge >= 0.3 is 5.97 Å². The summed E-state index contributed by atoms with van der Waals surface area (Å²) < 4.78 is 10.5. The number of carboxylic acids is 1. The average molecular weight is 341 g/mol. The van der Waals surface area contributed by atoms with Gasteiger partial charge in [0.05, 0.1) is 26.2 Å². The first kappa shape index (κ1) is 16.8. The van der Waals surface area contributed by atoms with Crippen molar-refractivity contribution in [1.82, 2.24) is 0 Å². The van der Waals surface area contributed by atoms with E-state index in [0.29, 0.717) is 24.5 Å². The van der Waals surface area contributed by atoms with Crippen molar-refractivity contribution in [3.05, 3.63) is 53.1 Å². The van der Waals surface area contributed by atoms with Crippen molar-refractivity contribution in [2.75, 3.05) is 25.7 Å². The van der Waals surface area contributed by atoms with Crippen molar-refractivity contribution in [2.24, 2.45) is 0 Å². The second-order valence-corrected chi connectivity index (χ2v) is 5.80. The fourth-order valence-electron chi connectivity index (χ4n) is 3.05. The van der Waals surface area contributed by atoms with E-state index < -0.39 is 5.97 Å². The SMILES string of the molecule is COc1ccc(CC(=O)N2CCc3cc(C(=O)O)ccc32)c(OC)c1. The van der Waals surface area contributed by atoms with Crippen LogP contribution in [0.1, 0.15) is 21.5 Å². The summed E-state index contributed by atoms with van der Waals surface area (Å²) in [5.74, 6) is 0.259. The molecule has 2 aromatic rings. The Morgan fingerprint density at radius 2 is 1.92 bits per heavy atom. The first-order valence-corrected chi connectivity index (χ1v) is 7.91. The monoisotopic (exact) mass is 341 g/mol. The van der Waals surface area contributed by atoms with E-state index in [1.165, 1.54) is 6.07 Å². The normalized spacial score (nSPS) is 12.6. The smallest absolute Gasteiger partial charge is 0.335 e. The minimum absolute atomic E-state index is 0.0507. The molecule has 0 atom stereocenters. The Hall–Kier alpha value is -3.02. The summed E-state index contributed by atoms with van der Waals surface area (Å²) in [4.78, 5) is 25.5. The molecule has 0 unspecified atom stereocenters. The van der Waals surface area contributed by atoms with Gasteiger partial charge in [-0.05, 0) is 36.2 Å². The molecule has 6 heteroatoms. The molecule has 0 spiro atoms. The summed E-state index contributed by atoms with van der Waals surface area (Å²) >= 11 is 0. The highest BCUT2D eigenvalue weighted by atomic mass is 16.5. The molecule has 130 valence electrons. The predicted octanol–water partition coefficient (Wildman–Crippen LogP) is 2.53. The molecule has 0 aromatic heterocycles. The van der Waals surface area contributed by atoms with Crippen molar-refractivity contribution in [3.63, 3.8) is 0 Å². The highest BCUT2D eigenvalue weighted by Crippen LogP contribution is 2.31. The van der Waals surface area contributed by atoms with Gasteiger partial charge in [-0.3, -0.25) is 4.79 Å². The number of aromatic carboxylic acids is 1. The molecule has 0 aliphatic carbocycles. The minimum Gasteiger partial charge on any atom is -0.497 e. The fraction of sp³-hybridized carbons (Fsp3) is 0.263. The number of nitrogens with zero attached hydrogens (tertiary/aromatic N) is 1. The Morgan fingerprint density at radius 3 is 2.60 bits per heavy atom. The van der Waals surface area contributed by atoms with Gasteiger partial charge in [-0.25, -0.2) is 4.79 Å². The van der Waals surface area contributed by atoms with Gasteiger partial charge in [-0.1, -0.05) is 6.07 Å². The molecule has 0 bridgehead atoms. The molecular formula is C19H19NO5. The van der Waals surface area contributed by atoms with E-state index in [2.05, 4.69) is 0 Å². The zero-order valence-corrected chi connectivity index (χ0v) is 14.1. The van der Waals surface area contributed by atoms with Crippen molar-refractivity contribution in [1.29, 1.82) is 0 Å². The molecule has 1 heterocycles. The molecule has 6 nitrogen and oxygen atoms in total. The molecule has 1 aliphatic rings. The molecule has 0 saturated heterocycles. The Balaban J connectivity index is 1.81. The number of amides is 1. The molecule has 0 saturated carbocycles. The number of rotatable bonds is 5. The topological polar surface area (TPSA) is 76.1 Å². The van der Waals surface area contributed by atoms with Crippen LogP contribution in [0.5, 0.6) is 11.5 Å². The summed E-state index contributed by atoms with van der Waals surface area (Å²) in [7, 11) is 3.13. The molecule has 1 N–H and O–H groups in total. The van der Waals surface area contributed by atoms with Gasteiger partial charge < -0.3 is 19.5 Å². The third-order valence-corrected chi connectivity index (χ3v) is 4.36. The highest BCUT2D eigenvalue weighted by Gasteiger charge is 2.26. The summed E-state index contributed by atoms with van der Waals surface area (Å²) in [6.07, 6.45) is 0.856. The Labute approximate surface area is 145 Å². The second-order valence-electron chi connectivity index (χ2n) is 5.80. The van der Waals surface area contributed by atoms with Crippen LogP contribution in [0.4, 0.5) is 5.69 Å². The van der Waals surface area contributed by atoms with Crippen molar-refractivity contribution in [2.45, 2.75) is 12.8 Å². The van der Waals surface area contributed by atoms with Gasteiger partial charge in [0.15, 0.2) is 0 Å². The molecule has 0 fully saturated rings. The van der Waals surface area contributed by atoms with Crippen LogP contribution in [0.25, 0.3) is 0 Å². The van der Waals surface area contributed by atoms with Crippen LogP contribution >= 0.6 is 0 Å². The maximum Gasteiger partial charge on any atom is 0.335 e. The van der Waals surface area contributed by atoms with Crippen LogP contribution in [0.3, 0.4) is 0 Å². The number of ether oxygens (including phenoxy) is 2. The molecule has 3 rings (SSSR count). The van der Waals surface area contributed by atoms with Crippen molar-refractivity contribution >= 4 is 17.6 Å². The third-order valence-electron chi connectivity index (χ3n) is 4.36. The fourth-order valence-corrected chi connectivity index (χ4v) is 3.05. The summed E-state index contributed by atoms with van der Waals surface area (Å²) in [6.45, 7) is 0.551. The van der Waals surface area contributed by atoms with E-state index in [4.69, 9.17) is 14.6 Å².